The SMILES string of the molecule is CNC(=O)c1ccc(N2CCN(C3CCSC3)CC2)c([N+](=O)[O-])c1. The monoisotopic (exact) mass is 350 g/mol. The lowest BCUT2D eigenvalue weighted by atomic mass is 10.1. The molecule has 3 rings (SSSR count). The van der Waals surface area contributed by atoms with Gasteiger partial charge in [0.2, 0.25) is 0 Å². The van der Waals surface area contributed by atoms with E-state index in [9.17, 15) is 14.9 Å². The van der Waals surface area contributed by atoms with Gasteiger partial charge in [-0.1, -0.05) is 0 Å². The summed E-state index contributed by atoms with van der Waals surface area (Å²) in [6.45, 7) is 3.42. The minimum atomic E-state index is -0.401. The lowest BCUT2D eigenvalue weighted by Gasteiger charge is -2.38. The van der Waals surface area contributed by atoms with E-state index >= 15 is 0 Å². The molecule has 1 N–H and O–H groups in total. The first-order chi connectivity index (χ1) is 11.6. The Bertz CT molecular complexity index is 626. The Labute approximate surface area is 145 Å². The molecule has 7 nitrogen and oxygen atoms in total. The average molecular weight is 350 g/mol. The first-order valence-electron chi connectivity index (χ1n) is 8.17. The Morgan fingerprint density at radius 2 is 2.08 bits per heavy atom. The molecule has 0 aromatic heterocycles. The summed E-state index contributed by atoms with van der Waals surface area (Å²) in [6.07, 6.45) is 1.24. The molecule has 2 fully saturated rings. The standard InChI is InChI=1S/C16H22N4O3S/c1-17-16(21)12-2-3-14(15(10-12)20(22)23)19-7-5-18(6-8-19)13-4-9-24-11-13/h2-3,10,13H,4-9,11H2,1H3,(H,17,21). The first-order valence-corrected chi connectivity index (χ1v) is 9.33. The van der Waals surface area contributed by atoms with Gasteiger partial charge in [0.05, 0.1) is 4.92 Å². The predicted molar refractivity (Wildman–Crippen MR) is 96.0 cm³/mol. The van der Waals surface area contributed by atoms with Crippen molar-refractivity contribution in [3.05, 3.63) is 33.9 Å². The normalized spacial score (nSPS) is 21.7. The Hall–Kier alpha value is -1.80. The van der Waals surface area contributed by atoms with E-state index in [2.05, 4.69) is 15.1 Å². The lowest BCUT2D eigenvalue weighted by molar-refractivity contribution is -0.384. The highest BCUT2D eigenvalue weighted by Crippen LogP contribution is 2.31. The van der Waals surface area contributed by atoms with E-state index in [1.54, 1.807) is 12.1 Å². The first kappa shape index (κ1) is 17.0. The van der Waals surface area contributed by atoms with Gasteiger partial charge in [0, 0.05) is 56.7 Å². The van der Waals surface area contributed by atoms with Crippen molar-refractivity contribution in [1.29, 1.82) is 0 Å². The number of amides is 1. The summed E-state index contributed by atoms with van der Waals surface area (Å²) in [5.74, 6) is 2.12. The van der Waals surface area contributed by atoms with E-state index in [1.165, 1.54) is 31.0 Å². The topological polar surface area (TPSA) is 78.7 Å². The zero-order valence-electron chi connectivity index (χ0n) is 13.7. The highest BCUT2D eigenvalue weighted by molar-refractivity contribution is 7.99. The molecule has 0 bridgehead atoms. The van der Waals surface area contributed by atoms with Crippen LogP contribution >= 0.6 is 11.8 Å². The van der Waals surface area contributed by atoms with E-state index in [0.29, 0.717) is 17.3 Å². The molecular formula is C16H22N4O3S. The van der Waals surface area contributed by atoms with E-state index in [1.807, 2.05) is 11.8 Å². The number of carbonyl (C=O) groups excluding carboxylic acids is 1. The molecule has 2 aliphatic rings. The number of anilines is 1. The summed E-state index contributed by atoms with van der Waals surface area (Å²) in [7, 11) is 1.52. The zero-order chi connectivity index (χ0) is 17.1. The Morgan fingerprint density at radius 1 is 1.33 bits per heavy atom. The van der Waals surface area contributed by atoms with Gasteiger partial charge in [-0.2, -0.15) is 11.8 Å². The number of hydrogen-bond donors (Lipinski definition) is 1. The van der Waals surface area contributed by atoms with E-state index in [-0.39, 0.29) is 11.6 Å². The molecule has 0 radical (unpaired) electrons. The summed E-state index contributed by atoms with van der Waals surface area (Å²) < 4.78 is 0. The van der Waals surface area contributed by atoms with E-state index < -0.39 is 4.92 Å². The third-order valence-electron chi connectivity index (χ3n) is 4.74. The second-order valence-electron chi connectivity index (χ2n) is 6.08. The number of hydrogen-bond acceptors (Lipinski definition) is 6. The molecule has 130 valence electrons. The van der Waals surface area contributed by atoms with E-state index in [0.717, 1.165) is 26.2 Å². The third-order valence-corrected chi connectivity index (χ3v) is 5.88. The van der Waals surface area contributed by atoms with Crippen molar-refractivity contribution in [2.75, 3.05) is 49.6 Å². The van der Waals surface area contributed by atoms with Gasteiger partial charge < -0.3 is 10.2 Å². The molecule has 1 aromatic carbocycles. The van der Waals surface area contributed by atoms with Crippen LogP contribution in [-0.2, 0) is 0 Å². The van der Waals surface area contributed by atoms with Crippen LogP contribution in [-0.4, -0.2) is 66.5 Å². The van der Waals surface area contributed by atoms with Crippen LogP contribution in [0, 0.1) is 10.1 Å². The van der Waals surface area contributed by atoms with Crippen LogP contribution in [0.15, 0.2) is 18.2 Å². The van der Waals surface area contributed by atoms with Crippen LogP contribution in [0.2, 0.25) is 0 Å². The van der Waals surface area contributed by atoms with Crippen molar-refractivity contribution in [3.8, 4) is 0 Å². The van der Waals surface area contributed by atoms with Crippen molar-refractivity contribution in [2.45, 2.75) is 12.5 Å². The minimum absolute atomic E-state index is 0.000900. The quantitative estimate of drug-likeness (QED) is 0.656. The number of piperazine rings is 1. The van der Waals surface area contributed by atoms with Gasteiger partial charge in [0.15, 0.2) is 0 Å². The molecule has 2 aliphatic heterocycles. The van der Waals surface area contributed by atoms with Gasteiger partial charge in [-0.25, -0.2) is 0 Å². The molecular weight excluding hydrogens is 328 g/mol. The summed E-state index contributed by atoms with van der Waals surface area (Å²) in [6, 6.07) is 5.38. The zero-order valence-corrected chi connectivity index (χ0v) is 14.6. The van der Waals surface area contributed by atoms with Gasteiger partial charge in [0.1, 0.15) is 5.69 Å². The molecule has 1 atom stereocenters. The van der Waals surface area contributed by atoms with Crippen LogP contribution in [0.5, 0.6) is 0 Å². The predicted octanol–water partition coefficient (Wildman–Crippen LogP) is 1.58. The highest BCUT2D eigenvalue weighted by Gasteiger charge is 2.29. The van der Waals surface area contributed by atoms with Crippen molar-refractivity contribution in [2.24, 2.45) is 0 Å². The highest BCUT2D eigenvalue weighted by atomic mass is 32.2. The number of thioether (sulfide) groups is 1. The summed E-state index contributed by atoms with van der Waals surface area (Å²) in [4.78, 5) is 27.3. The molecule has 8 heteroatoms. The van der Waals surface area contributed by atoms with E-state index in [4.69, 9.17) is 0 Å². The molecule has 0 spiro atoms. The van der Waals surface area contributed by atoms with Crippen molar-refractivity contribution < 1.29 is 9.72 Å². The Morgan fingerprint density at radius 3 is 2.67 bits per heavy atom. The number of carbonyl (C=O) groups is 1. The van der Waals surface area contributed by atoms with Crippen LogP contribution in [0.1, 0.15) is 16.8 Å². The van der Waals surface area contributed by atoms with Gasteiger partial charge in [0.25, 0.3) is 11.6 Å². The summed E-state index contributed by atoms with van der Waals surface area (Å²) in [5.41, 5.74) is 0.920. The largest absolute Gasteiger partial charge is 0.363 e. The fourth-order valence-electron chi connectivity index (χ4n) is 3.36. The maximum absolute atomic E-state index is 11.7. The van der Waals surface area contributed by atoms with Crippen molar-refractivity contribution in [1.82, 2.24) is 10.2 Å². The van der Waals surface area contributed by atoms with Gasteiger partial charge in [-0.05, 0) is 24.3 Å². The second-order valence-corrected chi connectivity index (χ2v) is 7.23. The molecule has 0 aliphatic carbocycles. The molecule has 0 saturated carbocycles. The smallest absolute Gasteiger partial charge is 0.293 e. The van der Waals surface area contributed by atoms with Crippen LogP contribution in [0.4, 0.5) is 11.4 Å². The Balaban J connectivity index is 1.74. The molecule has 2 heterocycles. The number of nitro groups is 1. The third kappa shape index (κ3) is 3.49. The molecule has 2 saturated heterocycles. The maximum atomic E-state index is 11.7. The second kappa shape index (κ2) is 7.40. The molecule has 1 unspecified atom stereocenters. The van der Waals surface area contributed by atoms with Gasteiger partial charge >= 0.3 is 0 Å². The van der Waals surface area contributed by atoms with Crippen LogP contribution in [0.25, 0.3) is 0 Å². The average Bonchev–Trinajstić information content (AvgIpc) is 3.15. The van der Waals surface area contributed by atoms with Crippen molar-refractivity contribution in [3.63, 3.8) is 0 Å². The van der Waals surface area contributed by atoms with Gasteiger partial charge in [-0.15, -0.1) is 0 Å². The fraction of sp³-hybridized carbons (Fsp3) is 0.562. The number of rotatable bonds is 4. The Kier molecular flexibility index (Phi) is 5.25. The molecule has 1 aromatic rings. The van der Waals surface area contributed by atoms with Crippen LogP contribution in [0.3, 0.4) is 0 Å². The summed E-state index contributed by atoms with van der Waals surface area (Å²) >= 11 is 2.00. The number of nitro benzene ring substituents is 1. The minimum Gasteiger partial charge on any atom is -0.363 e. The number of nitrogens with one attached hydrogen (secondary N) is 1. The molecule has 24 heavy (non-hydrogen) atoms. The summed E-state index contributed by atoms with van der Waals surface area (Å²) in [5, 5.41) is 13.9. The maximum Gasteiger partial charge on any atom is 0.293 e. The van der Waals surface area contributed by atoms with Gasteiger partial charge in [-0.3, -0.25) is 19.8 Å². The van der Waals surface area contributed by atoms with Crippen LogP contribution < -0.4 is 10.2 Å². The fourth-order valence-corrected chi connectivity index (χ4v) is 4.62. The molecule has 1 amide bonds. The number of benzene rings is 1. The lowest BCUT2D eigenvalue weighted by Crippen LogP contribution is -2.50. The number of nitrogens with zero attached hydrogens (tertiary/aromatic N) is 3. The van der Waals surface area contributed by atoms with Crippen molar-refractivity contribution >= 4 is 29.0 Å².